The Balaban J connectivity index is 4.24. The van der Waals surface area contributed by atoms with Gasteiger partial charge in [0, 0.05) is 5.92 Å². The van der Waals surface area contributed by atoms with Crippen LogP contribution in [0, 0.1) is 11.8 Å². The van der Waals surface area contributed by atoms with Gasteiger partial charge in [-0.1, -0.05) is 40.5 Å². The van der Waals surface area contributed by atoms with Crippen LogP contribution >= 0.6 is 0 Å². The second-order valence-corrected chi connectivity index (χ2v) is 4.61. The Morgan fingerprint density at radius 3 is 2.19 bits per heavy atom. The number of unbranched alkanes of at least 4 members (excludes halogenated alkanes) is 1. The van der Waals surface area contributed by atoms with Crippen LogP contribution in [-0.4, -0.2) is 23.0 Å². The number of carboxylic acids is 1. The first-order valence-electron chi connectivity index (χ1n) is 5.93. The van der Waals surface area contributed by atoms with Crippen molar-refractivity contribution in [3.8, 4) is 0 Å². The first-order valence-corrected chi connectivity index (χ1v) is 5.93. The second-order valence-electron chi connectivity index (χ2n) is 4.61. The Bertz CT molecular complexity index is 238. The van der Waals surface area contributed by atoms with E-state index in [0.717, 1.165) is 19.3 Å². The Kier molecular flexibility index (Phi) is 6.77. The Labute approximate surface area is 97.4 Å². The van der Waals surface area contributed by atoms with E-state index in [9.17, 15) is 9.59 Å². The van der Waals surface area contributed by atoms with Crippen LogP contribution in [0.4, 0.5) is 0 Å². The molecule has 4 nitrogen and oxygen atoms in total. The molecule has 0 aromatic carbocycles. The van der Waals surface area contributed by atoms with Crippen LogP contribution in [0.1, 0.15) is 47.0 Å². The Morgan fingerprint density at radius 2 is 1.81 bits per heavy atom. The maximum Gasteiger partial charge on any atom is 0.326 e. The largest absolute Gasteiger partial charge is 0.480 e. The lowest BCUT2D eigenvalue weighted by Crippen LogP contribution is -2.46. The van der Waals surface area contributed by atoms with Gasteiger partial charge in [0.1, 0.15) is 6.04 Å². The molecule has 2 atom stereocenters. The first kappa shape index (κ1) is 14.9. The van der Waals surface area contributed by atoms with E-state index in [-0.39, 0.29) is 17.7 Å². The summed E-state index contributed by atoms with van der Waals surface area (Å²) in [6.07, 6.45) is 2.85. The van der Waals surface area contributed by atoms with E-state index in [1.807, 2.05) is 6.92 Å². The number of carbonyl (C=O) groups excluding carboxylic acids is 1. The number of nitrogens with one attached hydrogen (secondary N) is 1. The molecular formula is C12H23NO3. The highest BCUT2D eigenvalue weighted by atomic mass is 16.4. The second kappa shape index (κ2) is 7.25. The molecule has 0 saturated carbocycles. The van der Waals surface area contributed by atoms with Crippen LogP contribution < -0.4 is 5.32 Å². The molecule has 1 amide bonds. The number of amides is 1. The molecular weight excluding hydrogens is 206 g/mol. The summed E-state index contributed by atoms with van der Waals surface area (Å²) in [5, 5.41) is 11.5. The summed E-state index contributed by atoms with van der Waals surface area (Å²) >= 11 is 0. The van der Waals surface area contributed by atoms with Crippen LogP contribution in [0.3, 0.4) is 0 Å². The molecule has 0 fully saturated rings. The zero-order valence-electron chi connectivity index (χ0n) is 10.6. The van der Waals surface area contributed by atoms with Gasteiger partial charge in [-0.05, 0) is 12.3 Å². The molecule has 0 saturated heterocycles. The van der Waals surface area contributed by atoms with Gasteiger partial charge in [-0.15, -0.1) is 0 Å². The van der Waals surface area contributed by atoms with Crippen LogP contribution in [0.25, 0.3) is 0 Å². The monoisotopic (exact) mass is 229 g/mol. The summed E-state index contributed by atoms with van der Waals surface area (Å²) in [4.78, 5) is 22.6. The van der Waals surface area contributed by atoms with E-state index in [1.54, 1.807) is 13.8 Å². The molecule has 0 bridgehead atoms. The van der Waals surface area contributed by atoms with Crippen molar-refractivity contribution in [3.63, 3.8) is 0 Å². The minimum Gasteiger partial charge on any atom is -0.480 e. The molecule has 0 spiro atoms. The maximum absolute atomic E-state index is 11.7. The van der Waals surface area contributed by atoms with Crippen LogP contribution in [0.15, 0.2) is 0 Å². The van der Waals surface area contributed by atoms with Gasteiger partial charge in [-0.25, -0.2) is 4.79 Å². The lowest BCUT2D eigenvalue weighted by Gasteiger charge is -2.20. The highest BCUT2D eigenvalue weighted by Gasteiger charge is 2.25. The number of carboxylic acid groups (broad SMARTS) is 1. The molecule has 0 aliphatic carbocycles. The summed E-state index contributed by atoms with van der Waals surface area (Å²) in [6.45, 7) is 7.48. The minimum atomic E-state index is -0.967. The lowest BCUT2D eigenvalue weighted by molar-refractivity contribution is -0.143. The Hall–Kier alpha value is -1.06. The quantitative estimate of drug-likeness (QED) is 0.702. The smallest absolute Gasteiger partial charge is 0.326 e. The number of aliphatic carboxylic acids is 1. The molecule has 2 N–H and O–H groups in total. The zero-order chi connectivity index (χ0) is 12.7. The molecule has 0 aliphatic rings. The summed E-state index contributed by atoms with van der Waals surface area (Å²) in [5.74, 6) is -1.33. The maximum atomic E-state index is 11.7. The average molecular weight is 229 g/mol. The average Bonchev–Trinajstić information content (AvgIpc) is 2.20. The fraction of sp³-hybridized carbons (Fsp3) is 0.833. The molecule has 0 rings (SSSR count). The van der Waals surface area contributed by atoms with Crippen molar-refractivity contribution >= 4 is 11.9 Å². The van der Waals surface area contributed by atoms with Gasteiger partial charge < -0.3 is 10.4 Å². The van der Waals surface area contributed by atoms with Crippen LogP contribution in [-0.2, 0) is 9.59 Å². The summed E-state index contributed by atoms with van der Waals surface area (Å²) in [6, 6.07) is -0.781. The summed E-state index contributed by atoms with van der Waals surface area (Å²) < 4.78 is 0. The topological polar surface area (TPSA) is 66.4 Å². The van der Waals surface area contributed by atoms with Gasteiger partial charge in [0.25, 0.3) is 0 Å². The molecule has 0 aromatic heterocycles. The van der Waals surface area contributed by atoms with Crippen molar-refractivity contribution in [2.24, 2.45) is 11.8 Å². The Morgan fingerprint density at radius 1 is 1.25 bits per heavy atom. The van der Waals surface area contributed by atoms with Gasteiger partial charge in [-0.2, -0.15) is 0 Å². The molecule has 1 unspecified atom stereocenters. The highest BCUT2D eigenvalue weighted by molar-refractivity contribution is 5.84. The van der Waals surface area contributed by atoms with Crippen molar-refractivity contribution in [1.29, 1.82) is 0 Å². The summed E-state index contributed by atoms with van der Waals surface area (Å²) in [5.41, 5.74) is 0. The van der Waals surface area contributed by atoms with E-state index < -0.39 is 12.0 Å². The van der Waals surface area contributed by atoms with Crippen molar-refractivity contribution < 1.29 is 14.7 Å². The standard InChI is InChI=1S/C12H23NO3/c1-5-6-7-9(4)11(14)13-10(8(2)3)12(15)16/h8-10H,5-7H2,1-4H3,(H,13,14)(H,15,16)/t9?,10-/m1/s1. The minimum absolute atomic E-state index is 0.0974. The fourth-order valence-corrected chi connectivity index (χ4v) is 1.45. The van der Waals surface area contributed by atoms with E-state index in [2.05, 4.69) is 12.2 Å². The number of carbonyl (C=O) groups is 2. The van der Waals surface area contributed by atoms with E-state index in [1.165, 1.54) is 0 Å². The van der Waals surface area contributed by atoms with E-state index >= 15 is 0 Å². The third-order valence-electron chi connectivity index (χ3n) is 2.67. The van der Waals surface area contributed by atoms with Gasteiger partial charge in [0.2, 0.25) is 5.91 Å². The summed E-state index contributed by atoms with van der Waals surface area (Å²) in [7, 11) is 0. The predicted octanol–water partition coefficient (Wildman–Crippen LogP) is 2.04. The predicted molar refractivity (Wildman–Crippen MR) is 63.1 cm³/mol. The van der Waals surface area contributed by atoms with Crippen LogP contribution in [0.2, 0.25) is 0 Å². The van der Waals surface area contributed by atoms with E-state index in [0.29, 0.717) is 0 Å². The van der Waals surface area contributed by atoms with Gasteiger partial charge in [0.05, 0.1) is 0 Å². The third-order valence-corrected chi connectivity index (χ3v) is 2.67. The van der Waals surface area contributed by atoms with Crippen molar-refractivity contribution in [1.82, 2.24) is 5.32 Å². The van der Waals surface area contributed by atoms with E-state index in [4.69, 9.17) is 5.11 Å². The molecule has 0 heterocycles. The molecule has 0 aliphatic heterocycles. The van der Waals surface area contributed by atoms with Gasteiger partial charge in [0.15, 0.2) is 0 Å². The van der Waals surface area contributed by atoms with Crippen molar-refractivity contribution in [2.75, 3.05) is 0 Å². The van der Waals surface area contributed by atoms with Crippen molar-refractivity contribution in [2.45, 2.75) is 53.0 Å². The third kappa shape index (κ3) is 5.14. The normalized spacial score (nSPS) is 14.6. The SMILES string of the molecule is CCCCC(C)C(=O)N[C@@H](C(=O)O)C(C)C. The molecule has 0 radical (unpaired) electrons. The molecule has 16 heavy (non-hydrogen) atoms. The first-order chi connectivity index (χ1) is 7.40. The van der Waals surface area contributed by atoms with Gasteiger partial charge >= 0.3 is 5.97 Å². The molecule has 94 valence electrons. The molecule has 0 aromatic rings. The van der Waals surface area contributed by atoms with Gasteiger partial charge in [-0.3, -0.25) is 4.79 Å². The molecule has 4 heteroatoms. The highest BCUT2D eigenvalue weighted by Crippen LogP contribution is 2.09. The fourth-order valence-electron chi connectivity index (χ4n) is 1.45. The number of hydrogen-bond acceptors (Lipinski definition) is 2. The number of hydrogen-bond donors (Lipinski definition) is 2. The zero-order valence-corrected chi connectivity index (χ0v) is 10.6. The lowest BCUT2D eigenvalue weighted by atomic mass is 10.0. The van der Waals surface area contributed by atoms with Crippen LogP contribution in [0.5, 0.6) is 0 Å². The number of rotatable bonds is 7. The van der Waals surface area contributed by atoms with Crippen molar-refractivity contribution in [3.05, 3.63) is 0 Å².